The summed E-state index contributed by atoms with van der Waals surface area (Å²) in [6.07, 6.45) is 0.502. The number of hydrogen-bond acceptors (Lipinski definition) is 6. The van der Waals surface area contributed by atoms with Crippen molar-refractivity contribution in [2.75, 3.05) is 11.5 Å². The Labute approximate surface area is 175 Å². The Morgan fingerprint density at radius 3 is 2.71 bits per heavy atom. The summed E-state index contributed by atoms with van der Waals surface area (Å²) in [5.74, 6) is 0.410. The molecule has 6 nitrogen and oxygen atoms in total. The summed E-state index contributed by atoms with van der Waals surface area (Å²) < 4.78 is 28.0. The van der Waals surface area contributed by atoms with E-state index in [4.69, 9.17) is 0 Å². The minimum Gasteiger partial charge on any atom is -0.392 e. The molecule has 154 valence electrons. The predicted octanol–water partition coefficient (Wildman–Crippen LogP) is 2.72. The zero-order valence-electron chi connectivity index (χ0n) is 16.0. The Bertz CT molecular complexity index is 842. The quantitative estimate of drug-likeness (QED) is 0.428. The highest BCUT2D eigenvalue weighted by molar-refractivity contribution is 8.22. The normalized spacial score (nSPS) is 23.0. The van der Waals surface area contributed by atoms with Crippen molar-refractivity contribution < 1.29 is 18.3 Å². The lowest BCUT2D eigenvalue weighted by Gasteiger charge is -2.44. The van der Waals surface area contributed by atoms with E-state index in [-0.39, 0.29) is 23.0 Å². The second-order valence-electron chi connectivity index (χ2n) is 6.92. The molecule has 0 saturated carbocycles. The van der Waals surface area contributed by atoms with Crippen LogP contribution in [-0.2, 0) is 21.4 Å². The van der Waals surface area contributed by atoms with Crippen LogP contribution in [0.4, 0.5) is 0 Å². The standard InChI is InChI=1S/C19H26N2O4S3/c1-3-15(22)16-17(23)21-13(2)19(27-18(16)21)26-10-7-11-28(24,25)20-12-14-8-5-4-6-9-14/h4-6,8-9,15-16,18,20,22H,3,7,10-12H2,1-2H3/t15-,16+,18+/m0/s1. The van der Waals surface area contributed by atoms with E-state index in [1.165, 1.54) is 0 Å². The Balaban J connectivity index is 1.43. The number of amides is 1. The number of aliphatic hydroxyl groups is 1. The number of nitrogens with zero attached hydrogens (tertiary/aromatic N) is 1. The molecule has 0 aromatic heterocycles. The van der Waals surface area contributed by atoms with Gasteiger partial charge in [0.1, 0.15) is 5.37 Å². The van der Waals surface area contributed by atoms with E-state index in [9.17, 15) is 18.3 Å². The van der Waals surface area contributed by atoms with Crippen LogP contribution in [0.2, 0.25) is 0 Å². The third kappa shape index (κ3) is 4.76. The predicted molar refractivity (Wildman–Crippen MR) is 115 cm³/mol. The maximum absolute atomic E-state index is 12.3. The summed E-state index contributed by atoms with van der Waals surface area (Å²) in [4.78, 5) is 14.0. The molecule has 1 fully saturated rings. The fraction of sp³-hybridized carbons (Fsp3) is 0.526. The van der Waals surface area contributed by atoms with E-state index in [0.717, 1.165) is 15.5 Å². The molecule has 1 amide bonds. The molecule has 0 aliphatic carbocycles. The molecule has 9 heteroatoms. The summed E-state index contributed by atoms with van der Waals surface area (Å²) in [7, 11) is -3.31. The van der Waals surface area contributed by atoms with Crippen LogP contribution in [0, 0.1) is 5.92 Å². The van der Waals surface area contributed by atoms with E-state index >= 15 is 0 Å². The summed E-state index contributed by atoms with van der Waals surface area (Å²) in [6, 6.07) is 9.44. The number of thioether (sulfide) groups is 2. The Hall–Kier alpha value is -1.00. The molecular formula is C19H26N2O4S3. The van der Waals surface area contributed by atoms with Crippen LogP contribution in [0.1, 0.15) is 32.3 Å². The van der Waals surface area contributed by atoms with Crippen molar-refractivity contribution in [1.82, 2.24) is 9.62 Å². The molecule has 1 saturated heterocycles. The van der Waals surface area contributed by atoms with Gasteiger partial charge in [-0.15, -0.1) is 11.8 Å². The van der Waals surface area contributed by atoms with Gasteiger partial charge in [0.25, 0.3) is 0 Å². The van der Waals surface area contributed by atoms with Crippen molar-refractivity contribution in [2.45, 2.75) is 44.7 Å². The average molecular weight is 443 g/mol. The van der Waals surface area contributed by atoms with Crippen molar-refractivity contribution in [2.24, 2.45) is 5.92 Å². The number of carbonyl (C=O) groups excluding carboxylic acids is 1. The lowest BCUT2D eigenvalue weighted by atomic mass is 9.90. The van der Waals surface area contributed by atoms with Crippen LogP contribution in [0.15, 0.2) is 40.3 Å². The molecule has 0 spiro atoms. The lowest BCUT2D eigenvalue weighted by Crippen LogP contribution is -2.60. The van der Waals surface area contributed by atoms with Crippen molar-refractivity contribution in [3.05, 3.63) is 45.8 Å². The van der Waals surface area contributed by atoms with Crippen molar-refractivity contribution >= 4 is 39.5 Å². The van der Waals surface area contributed by atoms with E-state index in [2.05, 4.69) is 4.72 Å². The number of fused-ring (bicyclic) bond motifs is 1. The minimum atomic E-state index is -3.31. The monoisotopic (exact) mass is 442 g/mol. The van der Waals surface area contributed by atoms with Crippen LogP contribution in [0.25, 0.3) is 0 Å². The minimum absolute atomic E-state index is 0.00682. The first-order valence-corrected chi connectivity index (χ1v) is 12.9. The number of benzene rings is 1. The number of β-lactam (4-membered cyclic amide) rings is 1. The van der Waals surface area contributed by atoms with Crippen LogP contribution < -0.4 is 4.72 Å². The van der Waals surface area contributed by atoms with Gasteiger partial charge in [-0.1, -0.05) is 49.0 Å². The molecule has 1 aromatic rings. The first-order valence-electron chi connectivity index (χ1n) is 9.36. The summed E-state index contributed by atoms with van der Waals surface area (Å²) in [6.45, 7) is 4.10. The Morgan fingerprint density at radius 2 is 2.04 bits per heavy atom. The van der Waals surface area contributed by atoms with Crippen LogP contribution in [0.5, 0.6) is 0 Å². The van der Waals surface area contributed by atoms with Crippen LogP contribution >= 0.6 is 23.5 Å². The maximum Gasteiger partial charge on any atom is 0.236 e. The number of carbonyl (C=O) groups is 1. The van der Waals surface area contributed by atoms with Gasteiger partial charge in [-0.2, -0.15) is 0 Å². The van der Waals surface area contributed by atoms with Gasteiger partial charge >= 0.3 is 0 Å². The molecule has 2 aliphatic rings. The van der Waals surface area contributed by atoms with Gasteiger partial charge in [0.15, 0.2) is 0 Å². The molecule has 1 aromatic carbocycles. The highest BCUT2D eigenvalue weighted by Crippen LogP contribution is 2.53. The third-order valence-corrected chi connectivity index (χ3v) is 9.29. The van der Waals surface area contributed by atoms with Gasteiger partial charge < -0.3 is 10.0 Å². The Kier molecular flexibility index (Phi) is 7.14. The van der Waals surface area contributed by atoms with Crippen LogP contribution in [0.3, 0.4) is 0 Å². The van der Waals surface area contributed by atoms with Crippen molar-refractivity contribution in [3.8, 4) is 0 Å². The zero-order chi connectivity index (χ0) is 20.3. The number of aliphatic hydroxyl groups excluding tert-OH is 1. The van der Waals surface area contributed by atoms with Gasteiger partial charge in [0, 0.05) is 12.2 Å². The molecular weight excluding hydrogens is 416 g/mol. The molecule has 28 heavy (non-hydrogen) atoms. The van der Waals surface area contributed by atoms with Gasteiger partial charge in [0.2, 0.25) is 15.9 Å². The van der Waals surface area contributed by atoms with E-state index in [0.29, 0.717) is 25.1 Å². The third-order valence-electron chi connectivity index (χ3n) is 4.93. The lowest BCUT2D eigenvalue weighted by molar-refractivity contribution is -0.153. The maximum atomic E-state index is 12.3. The highest BCUT2D eigenvalue weighted by atomic mass is 32.2. The fourth-order valence-corrected chi connectivity index (χ4v) is 7.42. The number of allylic oxidation sites excluding steroid dienone is 1. The van der Waals surface area contributed by atoms with E-state index < -0.39 is 16.1 Å². The molecule has 2 aliphatic heterocycles. The molecule has 3 atom stereocenters. The number of rotatable bonds is 10. The van der Waals surface area contributed by atoms with E-state index in [1.807, 2.05) is 44.2 Å². The van der Waals surface area contributed by atoms with Gasteiger partial charge in [-0.25, -0.2) is 13.1 Å². The Morgan fingerprint density at radius 1 is 1.32 bits per heavy atom. The SMILES string of the molecule is CC[C@H](O)[C@@H]1C(=O)N2C(C)=C(SCCCS(=O)(=O)NCc3ccccc3)S[C@H]12. The second-order valence-corrected chi connectivity index (χ2v) is 11.3. The molecule has 0 unspecified atom stereocenters. The van der Waals surface area contributed by atoms with Gasteiger partial charge in [0.05, 0.1) is 22.0 Å². The highest BCUT2D eigenvalue weighted by Gasteiger charge is 2.55. The summed E-state index contributed by atoms with van der Waals surface area (Å²) >= 11 is 3.21. The molecule has 0 bridgehead atoms. The van der Waals surface area contributed by atoms with Crippen molar-refractivity contribution in [3.63, 3.8) is 0 Å². The number of nitrogens with one attached hydrogen (secondary N) is 1. The fourth-order valence-electron chi connectivity index (χ4n) is 3.28. The number of sulfonamides is 1. The first kappa shape index (κ1) is 21.7. The van der Waals surface area contributed by atoms with Gasteiger partial charge in [-0.05, 0) is 31.1 Å². The second kappa shape index (κ2) is 9.21. The average Bonchev–Trinajstić information content (AvgIpc) is 2.96. The number of hydrogen-bond donors (Lipinski definition) is 2. The summed E-state index contributed by atoms with van der Waals surface area (Å²) in [5, 5.41) is 10.0. The summed E-state index contributed by atoms with van der Waals surface area (Å²) in [5.41, 5.74) is 1.86. The largest absolute Gasteiger partial charge is 0.392 e. The smallest absolute Gasteiger partial charge is 0.236 e. The molecule has 0 radical (unpaired) electrons. The molecule has 2 heterocycles. The van der Waals surface area contributed by atoms with E-state index in [1.54, 1.807) is 28.4 Å². The molecule has 3 rings (SSSR count). The zero-order valence-corrected chi connectivity index (χ0v) is 18.4. The molecule has 2 N–H and O–H groups in total. The van der Waals surface area contributed by atoms with Crippen molar-refractivity contribution in [1.29, 1.82) is 0 Å². The first-order chi connectivity index (χ1) is 13.3. The topological polar surface area (TPSA) is 86.7 Å². The van der Waals surface area contributed by atoms with Gasteiger partial charge in [-0.3, -0.25) is 4.79 Å². The van der Waals surface area contributed by atoms with Crippen LogP contribution in [-0.4, -0.2) is 47.3 Å².